The van der Waals surface area contributed by atoms with Gasteiger partial charge in [-0.2, -0.15) is 0 Å². The number of anilines is 1. The number of ether oxygens (including phenoxy) is 4. The first kappa shape index (κ1) is 10.4. The molecule has 1 aromatic rings. The molecule has 0 fully saturated rings. The van der Waals surface area contributed by atoms with Gasteiger partial charge in [0.25, 0.3) is 0 Å². The van der Waals surface area contributed by atoms with Crippen molar-refractivity contribution in [2.24, 2.45) is 0 Å². The molecule has 0 radical (unpaired) electrons. The SMILES string of the molecule is COC(=O)c1cc2c(c(N)c1OC)OCO2. The van der Waals surface area contributed by atoms with Crippen LogP contribution in [0.3, 0.4) is 0 Å². The molecule has 6 heteroatoms. The monoisotopic (exact) mass is 225 g/mol. The van der Waals surface area contributed by atoms with Crippen molar-refractivity contribution in [2.45, 2.75) is 0 Å². The Hall–Kier alpha value is -2.11. The third kappa shape index (κ3) is 1.39. The number of carbonyl (C=O) groups excluding carboxylic acids is 1. The van der Waals surface area contributed by atoms with Crippen LogP contribution in [0.25, 0.3) is 0 Å². The van der Waals surface area contributed by atoms with Crippen LogP contribution < -0.4 is 19.9 Å². The summed E-state index contributed by atoms with van der Waals surface area (Å²) in [6.45, 7) is 0.0767. The summed E-state index contributed by atoms with van der Waals surface area (Å²) in [4.78, 5) is 11.5. The number of methoxy groups -OCH3 is 2. The van der Waals surface area contributed by atoms with Crippen LogP contribution in [0.4, 0.5) is 5.69 Å². The predicted molar refractivity (Wildman–Crippen MR) is 54.9 cm³/mol. The van der Waals surface area contributed by atoms with Gasteiger partial charge in [-0.3, -0.25) is 0 Å². The van der Waals surface area contributed by atoms with Gasteiger partial charge in [0.05, 0.1) is 14.2 Å². The van der Waals surface area contributed by atoms with Gasteiger partial charge in [0.15, 0.2) is 17.2 Å². The Morgan fingerprint density at radius 2 is 2.19 bits per heavy atom. The maximum atomic E-state index is 11.5. The van der Waals surface area contributed by atoms with E-state index in [-0.39, 0.29) is 23.8 Å². The number of fused-ring (bicyclic) bond motifs is 1. The van der Waals surface area contributed by atoms with Crippen molar-refractivity contribution in [3.05, 3.63) is 11.6 Å². The molecular weight excluding hydrogens is 214 g/mol. The number of esters is 1. The van der Waals surface area contributed by atoms with Crippen LogP contribution in [0.5, 0.6) is 17.2 Å². The summed E-state index contributed by atoms with van der Waals surface area (Å²) in [6.07, 6.45) is 0. The predicted octanol–water partition coefficient (Wildman–Crippen LogP) is 0.793. The molecule has 0 bridgehead atoms. The molecule has 0 spiro atoms. The molecule has 2 N–H and O–H groups in total. The van der Waals surface area contributed by atoms with E-state index in [2.05, 4.69) is 4.74 Å². The molecule has 0 aromatic heterocycles. The van der Waals surface area contributed by atoms with Crippen LogP contribution >= 0.6 is 0 Å². The van der Waals surface area contributed by atoms with Crippen molar-refractivity contribution in [3.8, 4) is 17.2 Å². The first-order chi connectivity index (χ1) is 7.69. The molecule has 6 nitrogen and oxygen atoms in total. The highest BCUT2D eigenvalue weighted by molar-refractivity contribution is 5.96. The second kappa shape index (κ2) is 3.80. The molecule has 0 aliphatic carbocycles. The third-order valence-corrected chi connectivity index (χ3v) is 2.26. The Balaban J connectivity index is 2.61. The Morgan fingerprint density at radius 3 is 2.81 bits per heavy atom. The number of hydrogen-bond acceptors (Lipinski definition) is 6. The van der Waals surface area contributed by atoms with Crippen LogP contribution in [-0.4, -0.2) is 27.0 Å². The highest BCUT2D eigenvalue weighted by atomic mass is 16.7. The van der Waals surface area contributed by atoms with Crippen molar-refractivity contribution >= 4 is 11.7 Å². The minimum absolute atomic E-state index is 0.0767. The Bertz CT molecular complexity index is 443. The lowest BCUT2D eigenvalue weighted by atomic mass is 10.1. The summed E-state index contributed by atoms with van der Waals surface area (Å²) in [5, 5.41) is 0. The third-order valence-electron chi connectivity index (χ3n) is 2.26. The normalized spacial score (nSPS) is 12.4. The summed E-state index contributed by atoms with van der Waals surface area (Å²) in [5.41, 5.74) is 6.25. The van der Waals surface area contributed by atoms with E-state index in [0.717, 1.165) is 0 Å². The molecule has 0 amide bonds. The fourth-order valence-corrected chi connectivity index (χ4v) is 1.53. The van der Waals surface area contributed by atoms with E-state index in [1.54, 1.807) is 0 Å². The van der Waals surface area contributed by atoms with Gasteiger partial charge in [0.1, 0.15) is 11.3 Å². The van der Waals surface area contributed by atoms with E-state index in [1.165, 1.54) is 20.3 Å². The van der Waals surface area contributed by atoms with Crippen molar-refractivity contribution in [2.75, 3.05) is 26.7 Å². The molecule has 1 aliphatic rings. The van der Waals surface area contributed by atoms with Gasteiger partial charge >= 0.3 is 5.97 Å². The van der Waals surface area contributed by atoms with Crippen molar-refractivity contribution in [1.82, 2.24) is 0 Å². The first-order valence-electron chi connectivity index (χ1n) is 4.53. The second-order valence-corrected chi connectivity index (χ2v) is 3.10. The van der Waals surface area contributed by atoms with Crippen LogP contribution in [-0.2, 0) is 4.74 Å². The second-order valence-electron chi connectivity index (χ2n) is 3.10. The average molecular weight is 225 g/mol. The molecule has 1 aliphatic heterocycles. The largest absolute Gasteiger partial charge is 0.494 e. The molecular formula is C10H11NO5. The first-order valence-corrected chi connectivity index (χ1v) is 4.53. The topological polar surface area (TPSA) is 80.0 Å². The Labute approximate surface area is 91.8 Å². The Morgan fingerprint density at radius 1 is 1.44 bits per heavy atom. The van der Waals surface area contributed by atoms with Crippen LogP contribution in [0.15, 0.2) is 6.07 Å². The van der Waals surface area contributed by atoms with Gasteiger partial charge in [0, 0.05) is 6.07 Å². The van der Waals surface area contributed by atoms with Gasteiger partial charge in [-0.25, -0.2) is 4.79 Å². The fraction of sp³-hybridized carbons (Fsp3) is 0.300. The Kier molecular flexibility index (Phi) is 2.47. The van der Waals surface area contributed by atoms with E-state index in [9.17, 15) is 4.79 Å². The van der Waals surface area contributed by atoms with Gasteiger partial charge in [0.2, 0.25) is 6.79 Å². The lowest BCUT2D eigenvalue weighted by Crippen LogP contribution is -2.06. The maximum absolute atomic E-state index is 11.5. The van der Waals surface area contributed by atoms with E-state index in [1.807, 2.05) is 0 Å². The summed E-state index contributed by atoms with van der Waals surface area (Å²) >= 11 is 0. The van der Waals surface area contributed by atoms with E-state index >= 15 is 0 Å². The van der Waals surface area contributed by atoms with Crippen molar-refractivity contribution < 1.29 is 23.7 Å². The molecule has 16 heavy (non-hydrogen) atoms. The molecule has 1 heterocycles. The van der Waals surface area contributed by atoms with Gasteiger partial charge < -0.3 is 24.7 Å². The van der Waals surface area contributed by atoms with Crippen LogP contribution in [0.1, 0.15) is 10.4 Å². The number of nitrogens with two attached hydrogens (primary N) is 1. The summed E-state index contributed by atoms with van der Waals surface area (Å²) in [7, 11) is 2.70. The smallest absolute Gasteiger partial charge is 0.341 e. The molecule has 0 saturated carbocycles. The lowest BCUT2D eigenvalue weighted by Gasteiger charge is -2.11. The lowest BCUT2D eigenvalue weighted by molar-refractivity contribution is 0.0597. The molecule has 0 saturated heterocycles. The highest BCUT2D eigenvalue weighted by Crippen LogP contribution is 2.45. The standard InChI is InChI=1S/C10H11NO5/c1-13-8-5(10(12)14-2)3-6-9(7(8)11)16-4-15-6/h3H,4,11H2,1-2H3. The summed E-state index contributed by atoms with van der Waals surface area (Å²) < 4.78 is 20.0. The zero-order chi connectivity index (χ0) is 11.7. The minimum Gasteiger partial charge on any atom is -0.494 e. The number of nitrogen functional groups attached to an aromatic ring is 1. The highest BCUT2D eigenvalue weighted by Gasteiger charge is 2.26. The van der Waals surface area contributed by atoms with E-state index < -0.39 is 5.97 Å². The zero-order valence-corrected chi connectivity index (χ0v) is 8.90. The van der Waals surface area contributed by atoms with Gasteiger partial charge in [-0.15, -0.1) is 0 Å². The molecule has 86 valence electrons. The van der Waals surface area contributed by atoms with E-state index in [4.69, 9.17) is 19.9 Å². The van der Waals surface area contributed by atoms with Crippen LogP contribution in [0, 0.1) is 0 Å². The zero-order valence-electron chi connectivity index (χ0n) is 8.90. The quantitative estimate of drug-likeness (QED) is 0.592. The summed E-state index contributed by atoms with van der Waals surface area (Å²) in [6, 6.07) is 1.49. The minimum atomic E-state index is -0.540. The molecule has 1 aromatic carbocycles. The number of benzene rings is 1. The van der Waals surface area contributed by atoms with Gasteiger partial charge in [-0.1, -0.05) is 0 Å². The maximum Gasteiger partial charge on any atom is 0.341 e. The van der Waals surface area contributed by atoms with Crippen molar-refractivity contribution in [3.63, 3.8) is 0 Å². The van der Waals surface area contributed by atoms with E-state index in [0.29, 0.717) is 11.5 Å². The molecule has 0 unspecified atom stereocenters. The average Bonchev–Trinajstić information content (AvgIpc) is 2.76. The number of carbonyl (C=O) groups is 1. The van der Waals surface area contributed by atoms with Gasteiger partial charge in [-0.05, 0) is 0 Å². The van der Waals surface area contributed by atoms with Crippen molar-refractivity contribution in [1.29, 1.82) is 0 Å². The van der Waals surface area contributed by atoms with Crippen LogP contribution in [0.2, 0.25) is 0 Å². The molecule has 0 atom stereocenters. The fourth-order valence-electron chi connectivity index (χ4n) is 1.53. The molecule has 2 rings (SSSR count). The summed E-state index contributed by atoms with van der Waals surface area (Å²) in [5.74, 6) is 0.501. The number of rotatable bonds is 2. The number of hydrogen-bond donors (Lipinski definition) is 1.